The predicted molar refractivity (Wildman–Crippen MR) is 44.8 cm³/mol. The first-order chi connectivity index (χ1) is 6.09. The van der Waals surface area contributed by atoms with Crippen LogP contribution >= 0.6 is 0 Å². The van der Waals surface area contributed by atoms with Crippen molar-refractivity contribution in [3.05, 3.63) is 24.7 Å². The number of hydrogen-bond acceptors (Lipinski definition) is 1. The number of pyridine rings is 1. The average molecular weight is 224 g/mol. The molecule has 2 heterocycles. The third-order valence-electron chi connectivity index (χ3n) is 1.87. The van der Waals surface area contributed by atoms with E-state index in [1.807, 2.05) is 0 Å². The summed E-state index contributed by atoms with van der Waals surface area (Å²) in [5, 5.41) is 0.183. The van der Waals surface area contributed by atoms with Crippen molar-refractivity contribution in [3.8, 4) is 0 Å². The molecule has 68 valence electrons. The van der Waals surface area contributed by atoms with E-state index in [2.05, 4.69) is 9.97 Å². The SMILES string of the molecule is F[B-](F)(F)c1c[nH]c2cnccc12.[K+]. The van der Waals surface area contributed by atoms with Crippen molar-refractivity contribution in [2.75, 3.05) is 0 Å². The van der Waals surface area contributed by atoms with Gasteiger partial charge in [0.1, 0.15) is 0 Å². The van der Waals surface area contributed by atoms with Gasteiger partial charge in [-0.05, 0) is 17.6 Å². The second kappa shape index (κ2) is 4.36. The second-order valence-electron chi connectivity index (χ2n) is 2.74. The minimum Gasteiger partial charge on any atom is -0.445 e. The monoisotopic (exact) mass is 224 g/mol. The molecule has 0 aliphatic rings. The van der Waals surface area contributed by atoms with Gasteiger partial charge in [0.2, 0.25) is 0 Å². The maximum Gasteiger partial charge on any atom is 1.00 e. The summed E-state index contributed by atoms with van der Waals surface area (Å²) in [5.74, 6) is 0. The number of hydrogen-bond donors (Lipinski definition) is 1. The minimum absolute atomic E-state index is 0. The second-order valence-corrected chi connectivity index (χ2v) is 2.74. The maximum absolute atomic E-state index is 12.4. The number of nitrogens with one attached hydrogen (secondary N) is 1. The van der Waals surface area contributed by atoms with E-state index in [9.17, 15) is 12.9 Å². The Morgan fingerprint density at radius 3 is 2.64 bits per heavy atom. The third-order valence-corrected chi connectivity index (χ3v) is 1.87. The van der Waals surface area contributed by atoms with E-state index >= 15 is 0 Å². The standard InChI is InChI=1S/C7H5BF3N2.K/c9-8(10,11)6-3-13-7-4-12-2-1-5(6)7;/h1-4,13H;/q-1;+1. The Balaban J connectivity index is 0.000000980. The summed E-state index contributed by atoms with van der Waals surface area (Å²) in [6.45, 7) is -4.94. The third kappa shape index (κ3) is 2.22. The van der Waals surface area contributed by atoms with Crippen molar-refractivity contribution in [3.63, 3.8) is 0 Å². The van der Waals surface area contributed by atoms with Gasteiger partial charge in [-0.3, -0.25) is 4.98 Å². The summed E-state index contributed by atoms with van der Waals surface area (Å²) < 4.78 is 37.1. The molecule has 0 fully saturated rings. The van der Waals surface area contributed by atoms with Gasteiger partial charge in [0.05, 0.1) is 11.7 Å². The van der Waals surface area contributed by atoms with Crippen molar-refractivity contribution in [1.82, 2.24) is 9.97 Å². The van der Waals surface area contributed by atoms with Gasteiger partial charge < -0.3 is 17.9 Å². The molecule has 0 saturated heterocycles. The molecule has 0 unspecified atom stereocenters. The average Bonchev–Trinajstić information content (AvgIpc) is 2.45. The van der Waals surface area contributed by atoms with Crippen LogP contribution in [0.3, 0.4) is 0 Å². The van der Waals surface area contributed by atoms with E-state index < -0.39 is 12.4 Å². The molecule has 0 spiro atoms. The summed E-state index contributed by atoms with van der Waals surface area (Å²) >= 11 is 0. The summed E-state index contributed by atoms with van der Waals surface area (Å²) in [7, 11) is 0. The van der Waals surface area contributed by atoms with Crippen molar-refractivity contribution in [1.29, 1.82) is 0 Å². The fraction of sp³-hybridized carbons (Fsp3) is 0. The van der Waals surface area contributed by atoms with E-state index in [0.717, 1.165) is 6.20 Å². The summed E-state index contributed by atoms with van der Waals surface area (Å²) in [6, 6.07) is 1.36. The predicted octanol–water partition coefficient (Wildman–Crippen LogP) is -1.38. The van der Waals surface area contributed by atoms with Gasteiger partial charge in [0, 0.05) is 6.20 Å². The van der Waals surface area contributed by atoms with Crippen molar-refractivity contribution in [2.24, 2.45) is 0 Å². The van der Waals surface area contributed by atoms with Crippen LogP contribution in [0.4, 0.5) is 12.9 Å². The van der Waals surface area contributed by atoms with Gasteiger partial charge in [0.15, 0.2) is 0 Å². The van der Waals surface area contributed by atoms with Crippen molar-refractivity contribution in [2.45, 2.75) is 0 Å². The number of aromatic amines is 1. The van der Waals surface area contributed by atoms with E-state index in [4.69, 9.17) is 0 Å². The van der Waals surface area contributed by atoms with E-state index in [1.165, 1.54) is 18.5 Å². The maximum atomic E-state index is 12.4. The topological polar surface area (TPSA) is 28.7 Å². The number of H-pyrrole nitrogens is 1. The molecule has 0 amide bonds. The zero-order valence-electron chi connectivity index (χ0n) is 7.47. The van der Waals surface area contributed by atoms with E-state index in [-0.39, 0.29) is 56.8 Å². The first kappa shape index (κ1) is 12.3. The Morgan fingerprint density at radius 2 is 2.00 bits per heavy atom. The van der Waals surface area contributed by atoms with Crippen LogP contribution in [0.5, 0.6) is 0 Å². The van der Waals surface area contributed by atoms with Gasteiger partial charge >= 0.3 is 58.4 Å². The van der Waals surface area contributed by atoms with Gasteiger partial charge in [-0.25, -0.2) is 0 Å². The molecular weight excluding hydrogens is 219 g/mol. The first-order valence-electron chi connectivity index (χ1n) is 3.70. The zero-order valence-corrected chi connectivity index (χ0v) is 10.6. The van der Waals surface area contributed by atoms with Crippen molar-refractivity contribution < 1.29 is 64.3 Å². The zero-order chi connectivity index (χ0) is 9.47. The molecule has 0 atom stereocenters. The molecule has 0 aliphatic carbocycles. The number of fused-ring (bicyclic) bond motifs is 1. The molecule has 2 aromatic heterocycles. The summed E-state index contributed by atoms with van der Waals surface area (Å²) in [6.07, 6.45) is 3.70. The molecule has 2 nitrogen and oxygen atoms in total. The number of halogens is 3. The Morgan fingerprint density at radius 1 is 1.29 bits per heavy atom. The van der Waals surface area contributed by atoms with E-state index in [0.29, 0.717) is 5.52 Å². The van der Waals surface area contributed by atoms with Gasteiger partial charge in [0.25, 0.3) is 0 Å². The molecular formula is C7H5BF3KN2. The quantitative estimate of drug-likeness (QED) is 0.594. The van der Waals surface area contributed by atoms with Crippen LogP contribution in [0.15, 0.2) is 24.7 Å². The Bertz CT molecular complexity index is 440. The largest absolute Gasteiger partial charge is 1.00 e. The van der Waals surface area contributed by atoms with Crippen LogP contribution < -0.4 is 56.8 Å². The fourth-order valence-corrected chi connectivity index (χ4v) is 1.27. The van der Waals surface area contributed by atoms with Crippen LogP contribution in [-0.4, -0.2) is 16.9 Å². The van der Waals surface area contributed by atoms with Crippen LogP contribution in [0.25, 0.3) is 10.9 Å². The molecule has 0 bridgehead atoms. The molecule has 2 aromatic rings. The number of rotatable bonds is 1. The Labute approximate surface area is 121 Å². The van der Waals surface area contributed by atoms with Crippen molar-refractivity contribution >= 4 is 23.3 Å². The first-order valence-corrected chi connectivity index (χ1v) is 3.70. The molecule has 14 heavy (non-hydrogen) atoms. The van der Waals surface area contributed by atoms with Gasteiger partial charge in [-0.2, -0.15) is 0 Å². The molecule has 7 heteroatoms. The number of aromatic nitrogens is 2. The molecule has 1 N–H and O–H groups in total. The van der Waals surface area contributed by atoms with Crippen LogP contribution in [0.2, 0.25) is 0 Å². The molecule has 0 radical (unpaired) electrons. The van der Waals surface area contributed by atoms with Gasteiger partial charge in [-0.15, -0.1) is 0 Å². The minimum atomic E-state index is -4.94. The summed E-state index contributed by atoms with van der Waals surface area (Å²) in [5.41, 5.74) is -0.172. The van der Waals surface area contributed by atoms with E-state index in [1.54, 1.807) is 0 Å². The Hall–Kier alpha value is 0.181. The summed E-state index contributed by atoms with van der Waals surface area (Å²) in [4.78, 5) is 6.24. The Kier molecular flexibility index (Phi) is 3.82. The molecule has 2 rings (SSSR count). The smallest absolute Gasteiger partial charge is 0.445 e. The molecule has 0 saturated carbocycles. The van der Waals surface area contributed by atoms with Crippen LogP contribution in [0, 0.1) is 0 Å². The normalized spacial score (nSPS) is 11.4. The van der Waals surface area contributed by atoms with Gasteiger partial charge in [-0.1, -0.05) is 5.46 Å². The van der Waals surface area contributed by atoms with Crippen LogP contribution in [-0.2, 0) is 0 Å². The number of nitrogens with zero attached hydrogens (tertiary/aromatic N) is 1. The fourth-order valence-electron chi connectivity index (χ4n) is 1.27. The molecule has 0 aromatic carbocycles. The van der Waals surface area contributed by atoms with Crippen LogP contribution in [0.1, 0.15) is 0 Å². The molecule has 0 aliphatic heterocycles.